The molecule has 2 heterocycles. The molecule has 2 unspecified atom stereocenters. The molecular formula is C20H27NO3. The zero-order chi connectivity index (χ0) is 17.3. The Bertz CT molecular complexity index is 645. The van der Waals surface area contributed by atoms with E-state index in [0.29, 0.717) is 0 Å². The molecule has 2 aliphatic rings. The molecule has 3 rings (SSSR count). The van der Waals surface area contributed by atoms with E-state index in [1.807, 2.05) is 43.9 Å². The number of para-hydroxylation sites is 1. The summed E-state index contributed by atoms with van der Waals surface area (Å²) in [4.78, 5) is 14.8. The van der Waals surface area contributed by atoms with Crippen LogP contribution in [0.4, 0.5) is 4.79 Å². The number of amides is 1. The molecule has 1 aromatic carbocycles. The fraction of sp³-hybridized carbons (Fsp3) is 0.550. The Hall–Kier alpha value is -1.97. The maximum atomic E-state index is 12.8. The van der Waals surface area contributed by atoms with Crippen LogP contribution in [0, 0.1) is 0 Å². The fourth-order valence-corrected chi connectivity index (χ4v) is 3.80. The third-order valence-corrected chi connectivity index (χ3v) is 4.75. The van der Waals surface area contributed by atoms with E-state index >= 15 is 0 Å². The van der Waals surface area contributed by atoms with E-state index in [1.165, 1.54) is 5.57 Å². The molecule has 1 fully saturated rings. The molecule has 0 radical (unpaired) electrons. The van der Waals surface area contributed by atoms with Crippen molar-refractivity contribution >= 4 is 11.7 Å². The molecule has 24 heavy (non-hydrogen) atoms. The highest BCUT2D eigenvalue weighted by Gasteiger charge is 2.42. The molecule has 0 spiro atoms. The van der Waals surface area contributed by atoms with E-state index in [1.54, 1.807) is 7.11 Å². The zero-order valence-electron chi connectivity index (χ0n) is 15.0. The topological polar surface area (TPSA) is 38.8 Å². The molecule has 2 atom stereocenters. The molecule has 130 valence electrons. The average molecular weight is 329 g/mol. The predicted molar refractivity (Wildman–Crippen MR) is 95.1 cm³/mol. The molecule has 1 aromatic rings. The molecular weight excluding hydrogens is 302 g/mol. The number of hydrogen-bond donors (Lipinski definition) is 0. The third kappa shape index (κ3) is 3.28. The van der Waals surface area contributed by atoms with Crippen molar-refractivity contribution in [2.24, 2.45) is 0 Å². The minimum atomic E-state index is -0.475. The summed E-state index contributed by atoms with van der Waals surface area (Å²) in [5, 5.41) is 0. The second-order valence-electron chi connectivity index (χ2n) is 7.57. The number of carbonyl (C=O) groups is 1. The maximum Gasteiger partial charge on any atom is 0.411 e. The van der Waals surface area contributed by atoms with E-state index in [2.05, 4.69) is 12.1 Å². The Labute approximate surface area is 144 Å². The van der Waals surface area contributed by atoms with Crippen molar-refractivity contribution in [3.63, 3.8) is 0 Å². The zero-order valence-corrected chi connectivity index (χ0v) is 15.0. The molecule has 0 N–H and O–H groups in total. The van der Waals surface area contributed by atoms with Crippen LogP contribution < -0.4 is 4.74 Å². The largest absolute Gasteiger partial charge is 0.496 e. The quantitative estimate of drug-likeness (QED) is 0.793. The summed E-state index contributed by atoms with van der Waals surface area (Å²) in [6.07, 6.45) is 6.07. The molecule has 2 aliphatic heterocycles. The average Bonchev–Trinajstić information content (AvgIpc) is 2.82. The van der Waals surface area contributed by atoms with Crippen LogP contribution in [0.1, 0.15) is 52.0 Å². The van der Waals surface area contributed by atoms with Gasteiger partial charge in [0.15, 0.2) is 0 Å². The van der Waals surface area contributed by atoms with E-state index in [4.69, 9.17) is 9.47 Å². The van der Waals surface area contributed by atoms with E-state index in [0.717, 1.165) is 37.0 Å². The summed E-state index contributed by atoms with van der Waals surface area (Å²) in [6, 6.07) is 8.40. The van der Waals surface area contributed by atoms with Crippen LogP contribution in [-0.2, 0) is 4.74 Å². The van der Waals surface area contributed by atoms with E-state index in [9.17, 15) is 4.79 Å². The van der Waals surface area contributed by atoms with Crippen LogP contribution in [-0.4, -0.2) is 35.8 Å². The van der Waals surface area contributed by atoms with Gasteiger partial charge in [0.1, 0.15) is 11.4 Å². The van der Waals surface area contributed by atoms with Gasteiger partial charge in [0.05, 0.1) is 13.2 Å². The maximum absolute atomic E-state index is 12.8. The fourth-order valence-electron chi connectivity index (χ4n) is 3.80. The summed E-state index contributed by atoms with van der Waals surface area (Å²) in [7, 11) is 1.69. The summed E-state index contributed by atoms with van der Waals surface area (Å²) in [6.45, 7) is 5.75. The van der Waals surface area contributed by atoms with Gasteiger partial charge in [0, 0.05) is 11.6 Å². The van der Waals surface area contributed by atoms with Crippen molar-refractivity contribution in [2.75, 3.05) is 7.11 Å². The van der Waals surface area contributed by atoms with Crippen LogP contribution in [0.25, 0.3) is 5.57 Å². The first-order valence-corrected chi connectivity index (χ1v) is 8.75. The second-order valence-corrected chi connectivity index (χ2v) is 7.57. The number of hydrogen-bond acceptors (Lipinski definition) is 3. The number of fused-ring (bicyclic) bond motifs is 2. The highest BCUT2D eigenvalue weighted by molar-refractivity contribution is 5.80. The van der Waals surface area contributed by atoms with Crippen molar-refractivity contribution in [3.8, 4) is 5.75 Å². The number of methoxy groups -OCH3 is 1. The number of benzene rings is 1. The molecule has 0 aromatic heterocycles. The lowest BCUT2D eigenvalue weighted by Crippen LogP contribution is -2.44. The first-order valence-electron chi connectivity index (χ1n) is 8.75. The van der Waals surface area contributed by atoms with E-state index in [-0.39, 0.29) is 18.2 Å². The third-order valence-electron chi connectivity index (χ3n) is 4.75. The summed E-state index contributed by atoms with van der Waals surface area (Å²) < 4.78 is 11.2. The molecule has 4 heteroatoms. The van der Waals surface area contributed by atoms with Gasteiger partial charge < -0.3 is 9.47 Å². The van der Waals surface area contributed by atoms with Crippen molar-refractivity contribution < 1.29 is 14.3 Å². The highest BCUT2D eigenvalue weighted by atomic mass is 16.6. The number of nitrogens with zero attached hydrogens (tertiary/aromatic N) is 1. The van der Waals surface area contributed by atoms with Crippen LogP contribution in [0.15, 0.2) is 30.3 Å². The molecule has 0 aliphatic carbocycles. The second kappa shape index (κ2) is 6.50. The monoisotopic (exact) mass is 329 g/mol. The molecule has 1 amide bonds. The summed E-state index contributed by atoms with van der Waals surface area (Å²) in [5.41, 5.74) is 1.80. The Morgan fingerprint density at radius 3 is 2.62 bits per heavy atom. The van der Waals surface area contributed by atoms with Gasteiger partial charge in [0.2, 0.25) is 0 Å². The number of allylic oxidation sites excluding steroid dienone is 1. The molecule has 0 saturated carbocycles. The lowest BCUT2D eigenvalue weighted by atomic mass is 9.93. The first kappa shape index (κ1) is 16.9. The molecule has 1 saturated heterocycles. The van der Waals surface area contributed by atoms with Gasteiger partial charge in [-0.15, -0.1) is 0 Å². The number of ether oxygens (including phenoxy) is 2. The van der Waals surface area contributed by atoms with Crippen LogP contribution in [0.2, 0.25) is 0 Å². The van der Waals surface area contributed by atoms with Gasteiger partial charge in [-0.2, -0.15) is 0 Å². The van der Waals surface area contributed by atoms with Gasteiger partial charge in [0.25, 0.3) is 0 Å². The minimum absolute atomic E-state index is 0.0728. The molecule has 2 bridgehead atoms. The summed E-state index contributed by atoms with van der Waals surface area (Å²) in [5.74, 6) is 0.859. The van der Waals surface area contributed by atoms with Crippen LogP contribution >= 0.6 is 0 Å². The minimum Gasteiger partial charge on any atom is -0.496 e. The lowest BCUT2D eigenvalue weighted by Gasteiger charge is -2.32. The summed E-state index contributed by atoms with van der Waals surface area (Å²) >= 11 is 0. The van der Waals surface area contributed by atoms with Crippen molar-refractivity contribution in [1.82, 2.24) is 4.90 Å². The standard InChI is InChI=1S/C20H27NO3/c1-20(2,3)24-19(22)21-14-8-7-10-15(17(21)13-12-14)16-9-5-6-11-18(16)23-4/h5-6,9-11,14,17H,7-8,12-13H2,1-4H3. The Morgan fingerprint density at radius 1 is 1.17 bits per heavy atom. The van der Waals surface area contributed by atoms with Gasteiger partial charge >= 0.3 is 6.09 Å². The van der Waals surface area contributed by atoms with Crippen LogP contribution in [0.3, 0.4) is 0 Å². The Morgan fingerprint density at radius 2 is 1.92 bits per heavy atom. The smallest absolute Gasteiger partial charge is 0.411 e. The van der Waals surface area contributed by atoms with Gasteiger partial charge in [-0.1, -0.05) is 24.3 Å². The normalized spacial score (nSPS) is 23.5. The predicted octanol–water partition coefficient (Wildman–Crippen LogP) is 4.64. The van der Waals surface area contributed by atoms with Gasteiger partial charge in [-0.25, -0.2) is 4.79 Å². The number of rotatable bonds is 2. The van der Waals surface area contributed by atoms with Crippen LogP contribution in [0.5, 0.6) is 5.75 Å². The highest BCUT2D eigenvalue weighted by Crippen LogP contribution is 2.41. The van der Waals surface area contributed by atoms with Gasteiger partial charge in [-0.05, 0) is 58.1 Å². The van der Waals surface area contributed by atoms with Crippen molar-refractivity contribution in [2.45, 2.75) is 64.1 Å². The Kier molecular flexibility index (Phi) is 4.57. The van der Waals surface area contributed by atoms with Gasteiger partial charge in [-0.3, -0.25) is 4.90 Å². The van der Waals surface area contributed by atoms with E-state index < -0.39 is 5.60 Å². The van der Waals surface area contributed by atoms with Crippen molar-refractivity contribution in [1.29, 1.82) is 0 Å². The molecule has 4 nitrogen and oxygen atoms in total. The lowest BCUT2D eigenvalue weighted by molar-refractivity contribution is 0.0185. The SMILES string of the molecule is COc1ccccc1C1=CCCC2CCC1N2C(=O)OC(C)(C)C. The van der Waals surface area contributed by atoms with Crippen molar-refractivity contribution in [3.05, 3.63) is 35.9 Å². The first-order chi connectivity index (χ1) is 11.4. The number of carbonyl (C=O) groups excluding carboxylic acids is 1. The Balaban J connectivity index is 1.94.